The number of rotatable bonds is 5. The van der Waals surface area contributed by atoms with Crippen LogP contribution in [-0.4, -0.2) is 35.2 Å². The first-order chi connectivity index (χ1) is 15.3. The van der Waals surface area contributed by atoms with E-state index in [-0.39, 0.29) is 23.0 Å². The first kappa shape index (κ1) is 21.2. The van der Waals surface area contributed by atoms with E-state index in [0.29, 0.717) is 28.0 Å². The van der Waals surface area contributed by atoms with E-state index in [9.17, 15) is 14.0 Å². The lowest BCUT2D eigenvalue weighted by Crippen LogP contribution is -2.37. The number of para-hydroxylation sites is 1. The lowest BCUT2D eigenvalue weighted by molar-refractivity contribution is -0.126. The molecule has 4 rings (SSSR count). The number of benzene rings is 2. The van der Waals surface area contributed by atoms with Gasteiger partial charge in [0, 0.05) is 18.3 Å². The molecule has 4 aromatic rings. The van der Waals surface area contributed by atoms with Crippen LogP contribution in [0.15, 0.2) is 65.2 Å². The Morgan fingerprint density at radius 3 is 2.47 bits per heavy atom. The van der Waals surface area contributed by atoms with Gasteiger partial charge in [0.1, 0.15) is 5.82 Å². The number of hydrogen-bond donors (Lipinski definition) is 0. The molecule has 0 bridgehead atoms. The van der Waals surface area contributed by atoms with Crippen molar-refractivity contribution in [1.82, 2.24) is 10.1 Å². The fraction of sp³-hybridized carbons (Fsp3) is 0.167. The standard InChI is InChI=1S/C24H20FN3O4/c1-14-21-19(13-20(26-22(21)32-27-14)16-9-11-17(25)12-10-16)24(30)31-15(2)23(29)28(3)18-7-5-4-6-8-18/h4-13,15H,1-3H3. The summed E-state index contributed by atoms with van der Waals surface area (Å²) in [6.45, 7) is 3.19. The molecular formula is C24H20FN3O4. The van der Waals surface area contributed by atoms with E-state index >= 15 is 0 Å². The fourth-order valence-electron chi connectivity index (χ4n) is 3.35. The van der Waals surface area contributed by atoms with Crippen LogP contribution < -0.4 is 4.90 Å². The number of hydrogen-bond acceptors (Lipinski definition) is 6. The maximum Gasteiger partial charge on any atom is 0.339 e. The average molecular weight is 433 g/mol. The largest absolute Gasteiger partial charge is 0.449 e. The molecule has 2 aromatic carbocycles. The van der Waals surface area contributed by atoms with Gasteiger partial charge in [0.15, 0.2) is 6.10 Å². The van der Waals surface area contributed by atoms with Crippen molar-refractivity contribution in [1.29, 1.82) is 0 Å². The second-order valence-electron chi connectivity index (χ2n) is 7.29. The SMILES string of the molecule is Cc1noc2nc(-c3ccc(F)cc3)cc(C(=O)OC(C)C(=O)N(C)c3ccccc3)c12. The van der Waals surface area contributed by atoms with Crippen LogP contribution in [0.3, 0.4) is 0 Å². The predicted octanol–water partition coefficient (Wildman–Crippen LogP) is 4.55. The zero-order valence-electron chi connectivity index (χ0n) is 17.7. The highest BCUT2D eigenvalue weighted by Gasteiger charge is 2.26. The van der Waals surface area contributed by atoms with Gasteiger partial charge in [0.2, 0.25) is 0 Å². The summed E-state index contributed by atoms with van der Waals surface area (Å²) in [6, 6.07) is 16.3. The first-order valence-corrected chi connectivity index (χ1v) is 9.91. The van der Waals surface area contributed by atoms with Gasteiger partial charge in [-0.3, -0.25) is 4.79 Å². The highest BCUT2D eigenvalue weighted by Crippen LogP contribution is 2.28. The van der Waals surface area contributed by atoms with E-state index in [1.165, 1.54) is 30.0 Å². The zero-order valence-corrected chi connectivity index (χ0v) is 17.7. The van der Waals surface area contributed by atoms with Crippen LogP contribution >= 0.6 is 0 Å². The molecule has 0 radical (unpaired) electrons. The van der Waals surface area contributed by atoms with E-state index in [2.05, 4.69) is 10.1 Å². The van der Waals surface area contributed by atoms with Crippen molar-refractivity contribution in [2.24, 2.45) is 0 Å². The quantitative estimate of drug-likeness (QED) is 0.430. The molecule has 0 saturated heterocycles. The van der Waals surface area contributed by atoms with Crippen molar-refractivity contribution in [3.63, 3.8) is 0 Å². The Kier molecular flexibility index (Phi) is 5.68. The number of carbonyl (C=O) groups excluding carboxylic acids is 2. The Balaban J connectivity index is 1.64. The van der Waals surface area contributed by atoms with E-state index in [1.807, 2.05) is 18.2 Å². The van der Waals surface area contributed by atoms with Crippen LogP contribution in [0.5, 0.6) is 0 Å². The van der Waals surface area contributed by atoms with Gasteiger partial charge >= 0.3 is 5.97 Å². The maximum absolute atomic E-state index is 13.3. The van der Waals surface area contributed by atoms with Crippen LogP contribution in [0.25, 0.3) is 22.4 Å². The summed E-state index contributed by atoms with van der Waals surface area (Å²) in [5, 5.41) is 4.29. The summed E-state index contributed by atoms with van der Waals surface area (Å²) in [4.78, 5) is 31.7. The smallest absolute Gasteiger partial charge is 0.339 e. The predicted molar refractivity (Wildman–Crippen MR) is 117 cm³/mol. The first-order valence-electron chi connectivity index (χ1n) is 9.91. The molecule has 8 heteroatoms. The average Bonchev–Trinajstić information content (AvgIpc) is 3.19. The molecule has 0 aliphatic heterocycles. The molecule has 0 aliphatic rings. The van der Waals surface area contributed by atoms with Crippen molar-refractivity contribution >= 4 is 28.7 Å². The normalized spacial score (nSPS) is 11.9. The minimum absolute atomic E-state index is 0.150. The Labute approximate surface area is 183 Å². The second-order valence-corrected chi connectivity index (χ2v) is 7.29. The van der Waals surface area contributed by atoms with Crippen molar-refractivity contribution in [3.8, 4) is 11.3 Å². The van der Waals surface area contributed by atoms with Gasteiger partial charge in [-0.2, -0.15) is 0 Å². The van der Waals surface area contributed by atoms with E-state index < -0.39 is 12.1 Å². The highest BCUT2D eigenvalue weighted by atomic mass is 19.1. The molecule has 0 spiro atoms. The van der Waals surface area contributed by atoms with Gasteiger partial charge in [0.05, 0.1) is 22.3 Å². The maximum atomic E-state index is 13.3. The molecule has 0 aliphatic carbocycles. The molecule has 0 fully saturated rings. The summed E-state index contributed by atoms with van der Waals surface area (Å²) in [6.07, 6.45) is -1.04. The topological polar surface area (TPSA) is 85.5 Å². The van der Waals surface area contributed by atoms with Crippen molar-refractivity contribution in [3.05, 3.63) is 77.7 Å². The van der Waals surface area contributed by atoms with Crippen molar-refractivity contribution in [2.75, 3.05) is 11.9 Å². The van der Waals surface area contributed by atoms with Crippen molar-refractivity contribution in [2.45, 2.75) is 20.0 Å². The van der Waals surface area contributed by atoms with Gasteiger partial charge in [-0.15, -0.1) is 0 Å². The monoisotopic (exact) mass is 433 g/mol. The number of halogens is 1. The molecule has 7 nitrogen and oxygen atoms in total. The van der Waals surface area contributed by atoms with E-state index in [0.717, 1.165) is 0 Å². The summed E-state index contributed by atoms with van der Waals surface area (Å²) >= 11 is 0. The molecule has 1 atom stereocenters. The Morgan fingerprint density at radius 1 is 1.09 bits per heavy atom. The van der Waals surface area contributed by atoms with Crippen LogP contribution in [-0.2, 0) is 9.53 Å². The highest BCUT2D eigenvalue weighted by molar-refractivity contribution is 6.06. The van der Waals surface area contributed by atoms with Crippen molar-refractivity contribution < 1.29 is 23.2 Å². The lowest BCUT2D eigenvalue weighted by Gasteiger charge is -2.21. The second kappa shape index (κ2) is 8.58. The van der Waals surface area contributed by atoms with Crippen LogP contribution in [0.2, 0.25) is 0 Å². The zero-order chi connectivity index (χ0) is 22.8. The van der Waals surface area contributed by atoms with Gasteiger partial charge < -0.3 is 14.2 Å². The third kappa shape index (κ3) is 4.07. The molecule has 32 heavy (non-hydrogen) atoms. The summed E-state index contributed by atoms with van der Waals surface area (Å²) in [7, 11) is 1.61. The van der Waals surface area contributed by atoms with Crippen LogP contribution in [0.1, 0.15) is 23.0 Å². The Hall–Kier alpha value is -4.07. The minimum atomic E-state index is -1.04. The molecule has 1 amide bonds. The Bertz CT molecular complexity index is 1290. The number of anilines is 1. The number of carbonyl (C=O) groups is 2. The molecule has 162 valence electrons. The third-order valence-electron chi connectivity index (χ3n) is 5.08. The Morgan fingerprint density at radius 2 is 1.78 bits per heavy atom. The summed E-state index contributed by atoms with van der Waals surface area (Å²) < 4.78 is 24.1. The molecule has 1 unspecified atom stereocenters. The van der Waals surface area contributed by atoms with Crippen LogP contribution in [0, 0.1) is 12.7 Å². The number of pyridine rings is 1. The third-order valence-corrected chi connectivity index (χ3v) is 5.08. The van der Waals surface area contributed by atoms with Gasteiger partial charge in [-0.1, -0.05) is 23.4 Å². The van der Waals surface area contributed by atoms with E-state index in [1.54, 1.807) is 38.2 Å². The lowest BCUT2D eigenvalue weighted by atomic mass is 10.1. The number of ether oxygens (including phenoxy) is 1. The summed E-state index contributed by atoms with van der Waals surface area (Å²) in [5.74, 6) is -1.48. The molecule has 0 N–H and O–H groups in total. The van der Waals surface area contributed by atoms with Gasteiger partial charge in [0.25, 0.3) is 11.6 Å². The van der Waals surface area contributed by atoms with Crippen LogP contribution in [0.4, 0.5) is 10.1 Å². The number of aromatic nitrogens is 2. The molecule has 0 saturated carbocycles. The molecule has 2 heterocycles. The number of amides is 1. The van der Waals surface area contributed by atoms with Gasteiger partial charge in [-0.05, 0) is 56.3 Å². The molecular weight excluding hydrogens is 413 g/mol. The van der Waals surface area contributed by atoms with Gasteiger partial charge in [-0.25, -0.2) is 14.2 Å². The number of aryl methyl sites for hydroxylation is 1. The number of fused-ring (bicyclic) bond motifs is 1. The number of likely N-dealkylation sites (N-methyl/N-ethyl adjacent to an activating group) is 1. The number of nitrogens with zero attached hydrogens (tertiary/aromatic N) is 3. The molecule has 2 aromatic heterocycles. The number of esters is 1. The fourth-order valence-corrected chi connectivity index (χ4v) is 3.35. The van der Waals surface area contributed by atoms with E-state index in [4.69, 9.17) is 9.26 Å². The summed E-state index contributed by atoms with van der Waals surface area (Å²) in [5.41, 5.74) is 2.43. The minimum Gasteiger partial charge on any atom is -0.449 e.